The van der Waals surface area contributed by atoms with Gasteiger partial charge in [0.15, 0.2) is 11.5 Å². The molecule has 0 aliphatic rings. The summed E-state index contributed by atoms with van der Waals surface area (Å²) >= 11 is 0. The molecule has 2 aromatic rings. The summed E-state index contributed by atoms with van der Waals surface area (Å²) in [6.45, 7) is 4.16. The standard InChI is InChI=1S/C15H18N4O3/c1-4-22-12-6-5-11(7-13(12)21-3)9-17-19-15-16-8-10(2)14(20)18-15/h5-9H,4H2,1-3H3,(H2,16,18,19,20)/b17-9-. The minimum atomic E-state index is -0.199. The number of H-pyrrole nitrogens is 1. The van der Waals surface area contributed by atoms with Gasteiger partial charge in [0.05, 0.1) is 19.9 Å². The summed E-state index contributed by atoms with van der Waals surface area (Å²) < 4.78 is 10.7. The van der Waals surface area contributed by atoms with Crippen LogP contribution in [-0.2, 0) is 0 Å². The summed E-state index contributed by atoms with van der Waals surface area (Å²) in [5.41, 5.74) is 3.84. The van der Waals surface area contributed by atoms with Crippen LogP contribution in [0.1, 0.15) is 18.1 Å². The van der Waals surface area contributed by atoms with E-state index in [1.807, 2.05) is 25.1 Å². The molecule has 116 valence electrons. The minimum absolute atomic E-state index is 0.199. The Labute approximate surface area is 128 Å². The number of nitrogens with zero attached hydrogens (tertiary/aromatic N) is 2. The van der Waals surface area contributed by atoms with Crippen LogP contribution in [0.15, 0.2) is 34.3 Å². The van der Waals surface area contributed by atoms with E-state index >= 15 is 0 Å². The van der Waals surface area contributed by atoms with E-state index in [0.717, 1.165) is 5.56 Å². The molecule has 22 heavy (non-hydrogen) atoms. The van der Waals surface area contributed by atoms with Gasteiger partial charge in [-0.3, -0.25) is 9.78 Å². The fraction of sp³-hybridized carbons (Fsp3) is 0.267. The number of nitrogens with one attached hydrogen (secondary N) is 2. The summed E-state index contributed by atoms with van der Waals surface area (Å²) in [5, 5.41) is 4.03. The zero-order valence-electron chi connectivity index (χ0n) is 12.7. The van der Waals surface area contributed by atoms with Crippen LogP contribution < -0.4 is 20.5 Å². The maximum Gasteiger partial charge on any atom is 0.255 e. The fourth-order valence-corrected chi connectivity index (χ4v) is 1.72. The van der Waals surface area contributed by atoms with Crippen molar-refractivity contribution in [1.29, 1.82) is 0 Å². The zero-order chi connectivity index (χ0) is 15.9. The number of aromatic amines is 1. The number of rotatable bonds is 6. The molecule has 0 aliphatic carbocycles. The molecule has 0 amide bonds. The van der Waals surface area contributed by atoms with Crippen LogP contribution in [0.5, 0.6) is 11.5 Å². The molecule has 0 spiro atoms. The van der Waals surface area contributed by atoms with Crippen molar-refractivity contribution in [2.45, 2.75) is 13.8 Å². The number of benzene rings is 1. The van der Waals surface area contributed by atoms with Gasteiger partial charge >= 0.3 is 0 Å². The second-order valence-electron chi connectivity index (χ2n) is 4.46. The van der Waals surface area contributed by atoms with Crippen LogP contribution >= 0.6 is 0 Å². The quantitative estimate of drug-likeness (QED) is 0.629. The van der Waals surface area contributed by atoms with E-state index in [2.05, 4.69) is 20.5 Å². The Hall–Kier alpha value is -2.83. The summed E-state index contributed by atoms with van der Waals surface area (Å²) in [4.78, 5) is 18.0. The summed E-state index contributed by atoms with van der Waals surface area (Å²) in [5.74, 6) is 1.59. The molecule has 1 heterocycles. The van der Waals surface area contributed by atoms with Crippen LogP contribution in [0.2, 0.25) is 0 Å². The second kappa shape index (κ2) is 7.26. The van der Waals surface area contributed by atoms with Gasteiger partial charge in [-0.25, -0.2) is 10.4 Å². The van der Waals surface area contributed by atoms with Crippen molar-refractivity contribution in [3.8, 4) is 11.5 Å². The van der Waals surface area contributed by atoms with Crippen molar-refractivity contribution < 1.29 is 9.47 Å². The van der Waals surface area contributed by atoms with Crippen molar-refractivity contribution >= 4 is 12.2 Å². The van der Waals surface area contributed by atoms with Gasteiger partial charge in [0.25, 0.3) is 5.56 Å². The SMILES string of the molecule is CCOc1ccc(/C=N\Nc2ncc(C)c(=O)[nH]2)cc1OC. The number of hydrogen-bond acceptors (Lipinski definition) is 6. The largest absolute Gasteiger partial charge is 0.493 e. The Kier molecular flexibility index (Phi) is 5.13. The van der Waals surface area contributed by atoms with E-state index in [-0.39, 0.29) is 11.5 Å². The lowest BCUT2D eigenvalue weighted by molar-refractivity contribution is 0.311. The first-order chi connectivity index (χ1) is 10.6. The van der Waals surface area contributed by atoms with Crippen LogP contribution in [0, 0.1) is 6.92 Å². The lowest BCUT2D eigenvalue weighted by Gasteiger charge is -2.09. The van der Waals surface area contributed by atoms with Crippen molar-refractivity contribution in [2.24, 2.45) is 5.10 Å². The van der Waals surface area contributed by atoms with E-state index in [9.17, 15) is 4.79 Å². The van der Waals surface area contributed by atoms with E-state index in [1.165, 1.54) is 6.20 Å². The van der Waals surface area contributed by atoms with Crippen molar-refractivity contribution in [2.75, 3.05) is 19.1 Å². The maximum atomic E-state index is 11.4. The molecule has 0 atom stereocenters. The number of methoxy groups -OCH3 is 1. The van der Waals surface area contributed by atoms with Crippen molar-refractivity contribution in [3.05, 3.63) is 45.9 Å². The Morgan fingerprint density at radius 3 is 2.91 bits per heavy atom. The number of ether oxygens (including phenoxy) is 2. The number of aryl methyl sites for hydroxylation is 1. The minimum Gasteiger partial charge on any atom is -0.493 e. The molecule has 0 bridgehead atoms. The third-order valence-electron chi connectivity index (χ3n) is 2.85. The Morgan fingerprint density at radius 2 is 2.23 bits per heavy atom. The van der Waals surface area contributed by atoms with Crippen LogP contribution in [0.3, 0.4) is 0 Å². The highest BCUT2D eigenvalue weighted by atomic mass is 16.5. The molecule has 0 fully saturated rings. The smallest absolute Gasteiger partial charge is 0.255 e. The molecule has 2 N–H and O–H groups in total. The van der Waals surface area contributed by atoms with Gasteiger partial charge in [-0.05, 0) is 37.6 Å². The number of anilines is 1. The average molecular weight is 302 g/mol. The highest BCUT2D eigenvalue weighted by Crippen LogP contribution is 2.27. The molecule has 7 heteroatoms. The number of hydrogen-bond donors (Lipinski definition) is 2. The van der Waals surface area contributed by atoms with Gasteiger partial charge < -0.3 is 9.47 Å². The summed E-state index contributed by atoms with van der Waals surface area (Å²) in [6.07, 6.45) is 3.08. The van der Waals surface area contributed by atoms with Gasteiger partial charge in [0.1, 0.15) is 0 Å². The average Bonchev–Trinajstić information content (AvgIpc) is 2.52. The highest BCUT2D eigenvalue weighted by molar-refractivity contribution is 5.81. The first-order valence-corrected chi connectivity index (χ1v) is 6.80. The molecule has 0 saturated carbocycles. The zero-order valence-corrected chi connectivity index (χ0v) is 12.7. The van der Waals surface area contributed by atoms with E-state index in [0.29, 0.717) is 23.7 Å². The molecule has 0 aliphatic heterocycles. The predicted octanol–water partition coefficient (Wildman–Crippen LogP) is 1.93. The molecule has 0 unspecified atom stereocenters. The molecule has 2 rings (SSSR count). The second-order valence-corrected chi connectivity index (χ2v) is 4.46. The third-order valence-corrected chi connectivity index (χ3v) is 2.85. The molecular formula is C15H18N4O3. The number of aromatic nitrogens is 2. The van der Waals surface area contributed by atoms with Gasteiger partial charge in [-0.15, -0.1) is 0 Å². The Bertz CT molecular complexity index is 725. The summed E-state index contributed by atoms with van der Waals surface area (Å²) in [6, 6.07) is 5.47. The maximum absolute atomic E-state index is 11.4. The first-order valence-electron chi connectivity index (χ1n) is 6.80. The van der Waals surface area contributed by atoms with E-state index in [4.69, 9.17) is 9.47 Å². The van der Waals surface area contributed by atoms with E-state index in [1.54, 1.807) is 20.2 Å². The third kappa shape index (κ3) is 3.85. The molecular weight excluding hydrogens is 284 g/mol. The van der Waals surface area contributed by atoms with Crippen LogP contribution in [0.25, 0.3) is 0 Å². The lowest BCUT2D eigenvalue weighted by Crippen LogP contribution is -2.12. The molecule has 1 aromatic carbocycles. The van der Waals surface area contributed by atoms with Crippen LogP contribution in [-0.4, -0.2) is 29.9 Å². The highest BCUT2D eigenvalue weighted by Gasteiger charge is 2.04. The monoisotopic (exact) mass is 302 g/mol. The Morgan fingerprint density at radius 1 is 1.41 bits per heavy atom. The molecule has 0 radical (unpaired) electrons. The number of hydrazone groups is 1. The molecule has 7 nitrogen and oxygen atoms in total. The molecule has 1 aromatic heterocycles. The van der Waals surface area contributed by atoms with E-state index < -0.39 is 0 Å². The van der Waals surface area contributed by atoms with Crippen molar-refractivity contribution in [3.63, 3.8) is 0 Å². The fourth-order valence-electron chi connectivity index (χ4n) is 1.72. The molecule has 0 saturated heterocycles. The lowest BCUT2D eigenvalue weighted by atomic mass is 10.2. The van der Waals surface area contributed by atoms with Gasteiger partial charge in [0.2, 0.25) is 5.95 Å². The van der Waals surface area contributed by atoms with Gasteiger partial charge in [0, 0.05) is 11.8 Å². The van der Waals surface area contributed by atoms with Gasteiger partial charge in [-0.1, -0.05) is 0 Å². The van der Waals surface area contributed by atoms with Crippen molar-refractivity contribution in [1.82, 2.24) is 9.97 Å². The van der Waals surface area contributed by atoms with Gasteiger partial charge in [-0.2, -0.15) is 5.10 Å². The first kappa shape index (κ1) is 15.6. The predicted molar refractivity (Wildman–Crippen MR) is 85.0 cm³/mol. The normalized spacial score (nSPS) is 10.7. The summed E-state index contributed by atoms with van der Waals surface area (Å²) in [7, 11) is 1.58. The topological polar surface area (TPSA) is 88.6 Å². The Balaban J connectivity index is 2.09. The van der Waals surface area contributed by atoms with Crippen LogP contribution in [0.4, 0.5) is 5.95 Å².